The van der Waals surface area contributed by atoms with Crippen molar-refractivity contribution in [2.24, 2.45) is 7.05 Å². The minimum absolute atomic E-state index is 0.0868. The van der Waals surface area contributed by atoms with Crippen molar-refractivity contribution in [1.82, 2.24) is 9.55 Å². The molecule has 0 atom stereocenters. The molecule has 0 unspecified atom stereocenters. The number of sulfonamides is 1. The van der Waals surface area contributed by atoms with Gasteiger partial charge in [0.15, 0.2) is 0 Å². The molecule has 2 aromatic heterocycles. The molecule has 0 aliphatic rings. The molecule has 0 saturated carbocycles. The van der Waals surface area contributed by atoms with E-state index >= 15 is 0 Å². The van der Waals surface area contributed by atoms with Gasteiger partial charge in [0, 0.05) is 29.6 Å². The highest BCUT2D eigenvalue weighted by atomic mass is 79.9. The second-order valence-corrected chi connectivity index (χ2v) is 6.50. The average Bonchev–Trinajstić information content (AvgIpc) is 2.74. The van der Waals surface area contributed by atoms with Gasteiger partial charge in [0.2, 0.25) is 0 Å². The molecule has 0 fully saturated rings. The number of nitrogens with one attached hydrogen (secondary N) is 1. The fourth-order valence-corrected chi connectivity index (χ4v) is 2.85. The largest absolute Gasteiger partial charge is 0.390 e. The Balaban J connectivity index is 2.29. The Bertz CT molecular complexity index is 680. The normalized spacial score (nSPS) is 11.5. The summed E-state index contributed by atoms with van der Waals surface area (Å²) in [6.45, 7) is -0.220. The van der Waals surface area contributed by atoms with Crippen molar-refractivity contribution in [3.8, 4) is 0 Å². The fourth-order valence-electron chi connectivity index (χ4n) is 1.51. The third kappa shape index (κ3) is 3.14. The number of nitrogens with zero attached hydrogens (tertiary/aromatic N) is 2. The molecule has 6 nitrogen and oxygen atoms in total. The van der Waals surface area contributed by atoms with Crippen LogP contribution in [0.3, 0.4) is 0 Å². The van der Waals surface area contributed by atoms with Crippen molar-refractivity contribution >= 4 is 31.8 Å². The summed E-state index contributed by atoms with van der Waals surface area (Å²) in [6, 6.07) is 4.66. The summed E-state index contributed by atoms with van der Waals surface area (Å²) in [6.07, 6.45) is 2.94. The molecule has 0 aliphatic heterocycles. The summed E-state index contributed by atoms with van der Waals surface area (Å²) < 4.78 is 28.9. The van der Waals surface area contributed by atoms with Crippen molar-refractivity contribution in [2.75, 3.05) is 4.72 Å². The molecule has 0 spiro atoms. The van der Waals surface area contributed by atoms with Crippen LogP contribution in [0.15, 0.2) is 40.0 Å². The van der Waals surface area contributed by atoms with Crippen LogP contribution in [0.5, 0.6) is 0 Å². The van der Waals surface area contributed by atoms with Crippen molar-refractivity contribution in [1.29, 1.82) is 0 Å². The number of aryl methyl sites for hydroxylation is 1. The standard InChI is InChI=1S/C11H12BrN3O3S/c1-15-6-10(4-9(15)7-16)19(17,18)14-11-3-2-8(12)5-13-11/h2-6,16H,7H2,1H3,(H,13,14). The molecule has 0 aromatic carbocycles. The van der Waals surface area contributed by atoms with Crippen molar-refractivity contribution in [3.05, 3.63) is 40.8 Å². The number of aliphatic hydroxyl groups excluding tert-OH is 1. The minimum Gasteiger partial charge on any atom is -0.390 e. The van der Waals surface area contributed by atoms with E-state index in [-0.39, 0.29) is 17.3 Å². The summed E-state index contributed by atoms with van der Waals surface area (Å²) in [4.78, 5) is 4.03. The number of aliphatic hydroxyl groups is 1. The van der Waals surface area contributed by atoms with Crippen LogP contribution in [-0.2, 0) is 23.7 Å². The van der Waals surface area contributed by atoms with Crippen molar-refractivity contribution in [2.45, 2.75) is 11.5 Å². The molecule has 102 valence electrons. The number of halogens is 1. The minimum atomic E-state index is -3.70. The molecule has 0 amide bonds. The van der Waals surface area contributed by atoms with E-state index in [9.17, 15) is 8.42 Å². The van der Waals surface area contributed by atoms with Crippen LogP contribution in [-0.4, -0.2) is 23.1 Å². The van der Waals surface area contributed by atoms with Gasteiger partial charge >= 0.3 is 0 Å². The van der Waals surface area contributed by atoms with E-state index in [1.165, 1.54) is 18.5 Å². The smallest absolute Gasteiger partial charge is 0.264 e. The van der Waals surface area contributed by atoms with E-state index in [2.05, 4.69) is 25.6 Å². The van der Waals surface area contributed by atoms with Gasteiger partial charge in [0.1, 0.15) is 10.7 Å². The lowest BCUT2D eigenvalue weighted by Gasteiger charge is -2.05. The number of hydrogen-bond donors (Lipinski definition) is 2. The molecular weight excluding hydrogens is 334 g/mol. The van der Waals surface area contributed by atoms with E-state index in [0.29, 0.717) is 5.69 Å². The fraction of sp³-hybridized carbons (Fsp3) is 0.182. The lowest BCUT2D eigenvalue weighted by Crippen LogP contribution is -2.13. The second-order valence-electron chi connectivity index (χ2n) is 3.90. The molecule has 2 rings (SSSR count). The zero-order valence-electron chi connectivity index (χ0n) is 10.0. The van der Waals surface area contributed by atoms with Crippen LogP contribution >= 0.6 is 15.9 Å². The third-order valence-electron chi connectivity index (χ3n) is 2.52. The van der Waals surface area contributed by atoms with Gasteiger partial charge in [-0.1, -0.05) is 0 Å². The van der Waals surface area contributed by atoms with Crippen LogP contribution in [0.4, 0.5) is 5.82 Å². The van der Waals surface area contributed by atoms with Gasteiger partial charge in [-0.05, 0) is 34.1 Å². The Kier molecular flexibility index (Phi) is 3.93. The monoisotopic (exact) mass is 345 g/mol. The molecule has 0 aliphatic carbocycles. The molecule has 2 aromatic rings. The predicted octanol–water partition coefficient (Wildman–Crippen LogP) is 1.48. The van der Waals surface area contributed by atoms with Gasteiger partial charge < -0.3 is 9.67 Å². The lowest BCUT2D eigenvalue weighted by molar-refractivity contribution is 0.272. The van der Waals surface area contributed by atoms with Gasteiger partial charge in [-0.25, -0.2) is 13.4 Å². The first-order valence-electron chi connectivity index (χ1n) is 5.33. The van der Waals surface area contributed by atoms with Gasteiger partial charge in [0.25, 0.3) is 10.0 Å². The summed E-state index contributed by atoms with van der Waals surface area (Å²) in [5.41, 5.74) is 0.518. The van der Waals surface area contributed by atoms with Crippen LogP contribution in [0.2, 0.25) is 0 Å². The Morgan fingerprint density at radius 2 is 2.21 bits per heavy atom. The Morgan fingerprint density at radius 1 is 1.47 bits per heavy atom. The molecule has 2 heterocycles. The molecule has 0 bridgehead atoms. The summed E-state index contributed by atoms with van der Waals surface area (Å²) in [5.74, 6) is 0.234. The second kappa shape index (κ2) is 5.32. The number of anilines is 1. The lowest BCUT2D eigenvalue weighted by atomic mass is 10.5. The molecule has 19 heavy (non-hydrogen) atoms. The summed E-state index contributed by atoms with van der Waals surface area (Å²) in [5, 5.41) is 9.06. The Labute approximate surface area is 119 Å². The topological polar surface area (TPSA) is 84.2 Å². The van der Waals surface area contributed by atoms with E-state index in [0.717, 1.165) is 4.47 Å². The Hall–Kier alpha value is -1.38. The zero-order chi connectivity index (χ0) is 14.0. The average molecular weight is 346 g/mol. The third-order valence-corrected chi connectivity index (χ3v) is 4.31. The molecule has 0 saturated heterocycles. The van der Waals surface area contributed by atoms with Crippen molar-refractivity contribution in [3.63, 3.8) is 0 Å². The van der Waals surface area contributed by atoms with Gasteiger partial charge in [0.05, 0.1) is 6.61 Å². The summed E-state index contributed by atoms with van der Waals surface area (Å²) in [7, 11) is -2.03. The van der Waals surface area contributed by atoms with Crippen LogP contribution in [0, 0.1) is 0 Å². The first-order valence-corrected chi connectivity index (χ1v) is 7.60. The molecule has 2 N–H and O–H groups in total. The molecular formula is C11H12BrN3O3S. The maximum Gasteiger partial charge on any atom is 0.264 e. The Morgan fingerprint density at radius 3 is 2.74 bits per heavy atom. The van der Waals surface area contributed by atoms with E-state index in [1.807, 2.05) is 0 Å². The quantitative estimate of drug-likeness (QED) is 0.878. The number of hydrogen-bond acceptors (Lipinski definition) is 4. The van der Waals surface area contributed by atoms with Gasteiger partial charge in [-0.2, -0.15) is 0 Å². The number of aromatic nitrogens is 2. The maximum atomic E-state index is 12.1. The van der Waals surface area contributed by atoms with Crippen LogP contribution in [0.1, 0.15) is 5.69 Å². The number of rotatable bonds is 4. The van der Waals surface area contributed by atoms with E-state index in [1.54, 1.807) is 23.7 Å². The van der Waals surface area contributed by atoms with E-state index < -0.39 is 10.0 Å². The number of pyridine rings is 1. The highest BCUT2D eigenvalue weighted by Crippen LogP contribution is 2.18. The van der Waals surface area contributed by atoms with Gasteiger partial charge in [-0.15, -0.1) is 0 Å². The molecule has 0 radical (unpaired) electrons. The van der Waals surface area contributed by atoms with Gasteiger partial charge in [-0.3, -0.25) is 4.72 Å². The predicted molar refractivity (Wildman–Crippen MR) is 74.1 cm³/mol. The first kappa shape index (κ1) is 14.0. The van der Waals surface area contributed by atoms with Crippen LogP contribution in [0.25, 0.3) is 0 Å². The molecule has 8 heteroatoms. The summed E-state index contributed by atoms with van der Waals surface area (Å²) >= 11 is 3.22. The zero-order valence-corrected chi connectivity index (χ0v) is 12.4. The van der Waals surface area contributed by atoms with E-state index in [4.69, 9.17) is 5.11 Å². The maximum absolute atomic E-state index is 12.1. The SMILES string of the molecule is Cn1cc(S(=O)(=O)Nc2ccc(Br)cn2)cc1CO. The first-order chi connectivity index (χ1) is 8.92. The van der Waals surface area contributed by atoms with Crippen LogP contribution < -0.4 is 4.72 Å². The van der Waals surface area contributed by atoms with Crippen molar-refractivity contribution < 1.29 is 13.5 Å². The highest BCUT2D eigenvalue weighted by Gasteiger charge is 2.17. The highest BCUT2D eigenvalue weighted by molar-refractivity contribution is 9.10.